The first-order valence-electron chi connectivity index (χ1n) is 8.38. The minimum Gasteiger partial charge on any atom is -0.334 e. The maximum Gasteiger partial charge on any atom is 0.270 e. The lowest BCUT2D eigenvalue weighted by Gasteiger charge is -2.22. The quantitative estimate of drug-likeness (QED) is 0.686. The molecule has 1 aromatic carbocycles. The van der Waals surface area contributed by atoms with Crippen molar-refractivity contribution in [1.29, 1.82) is 0 Å². The summed E-state index contributed by atoms with van der Waals surface area (Å²) in [6, 6.07) is 8.59. The normalized spacial score (nSPS) is 11.4. The van der Waals surface area contributed by atoms with E-state index in [1.165, 1.54) is 33.6 Å². The van der Waals surface area contributed by atoms with E-state index >= 15 is 0 Å². The topological polar surface area (TPSA) is 37.6 Å². The van der Waals surface area contributed by atoms with Crippen LogP contribution in [0.15, 0.2) is 35.7 Å². The fourth-order valence-corrected chi connectivity index (χ4v) is 4.39. The lowest BCUT2D eigenvalue weighted by Crippen LogP contribution is -3.12. The summed E-state index contributed by atoms with van der Waals surface area (Å²) in [5.41, 5.74) is 0.335. The summed E-state index contributed by atoms with van der Waals surface area (Å²) in [6.45, 7) is 7.68. The van der Waals surface area contributed by atoms with Crippen LogP contribution in [0.2, 0.25) is 0 Å². The Bertz CT molecular complexity index is 843. The predicted molar refractivity (Wildman–Crippen MR) is 102 cm³/mol. The molecule has 0 aliphatic heterocycles. The number of nitrogens with one attached hydrogen (secondary N) is 1. The SMILES string of the molecule is CC[NH+](CC)CCN(C(=O)c1cccs1)c1nc2c(F)cccc2s1. The Labute approximate surface area is 154 Å². The Balaban J connectivity index is 1.94. The minimum atomic E-state index is -0.349. The van der Waals surface area contributed by atoms with Gasteiger partial charge in [0.15, 0.2) is 5.13 Å². The van der Waals surface area contributed by atoms with E-state index in [9.17, 15) is 9.18 Å². The maximum atomic E-state index is 14.0. The number of amides is 1. The third-order valence-electron chi connectivity index (χ3n) is 4.26. The molecule has 132 valence electrons. The molecular weight excluding hydrogens is 357 g/mol. The molecule has 25 heavy (non-hydrogen) atoms. The van der Waals surface area contributed by atoms with Gasteiger partial charge >= 0.3 is 0 Å². The number of likely N-dealkylation sites (N-methyl/N-ethyl adjacent to an activating group) is 1. The molecule has 1 amide bonds. The van der Waals surface area contributed by atoms with Crippen molar-refractivity contribution in [3.63, 3.8) is 0 Å². The second kappa shape index (κ2) is 8.03. The van der Waals surface area contributed by atoms with E-state index < -0.39 is 0 Å². The number of aromatic nitrogens is 1. The molecule has 0 spiro atoms. The molecule has 3 aromatic rings. The molecule has 0 radical (unpaired) electrons. The van der Waals surface area contributed by atoms with Gasteiger partial charge in [-0.25, -0.2) is 9.37 Å². The van der Waals surface area contributed by atoms with Crippen molar-refractivity contribution in [3.05, 3.63) is 46.4 Å². The standard InChI is InChI=1S/C18H20FN3OS2/c1-3-21(4-2)10-11-22(17(23)15-9-6-12-24-15)18-20-16-13(19)7-5-8-14(16)25-18/h5-9,12H,3-4,10-11H2,1-2H3/p+1. The fraction of sp³-hybridized carbons (Fsp3) is 0.333. The average molecular weight is 379 g/mol. The van der Waals surface area contributed by atoms with E-state index in [0.717, 1.165) is 24.3 Å². The van der Waals surface area contributed by atoms with E-state index in [4.69, 9.17) is 0 Å². The number of quaternary nitrogens is 1. The number of carbonyl (C=O) groups is 1. The number of fused-ring (bicyclic) bond motifs is 1. The molecule has 0 aliphatic carbocycles. The molecule has 2 aromatic heterocycles. The van der Waals surface area contributed by atoms with Crippen LogP contribution in [0.3, 0.4) is 0 Å². The summed E-state index contributed by atoms with van der Waals surface area (Å²) >= 11 is 2.78. The number of rotatable bonds is 7. The highest BCUT2D eigenvalue weighted by Gasteiger charge is 2.24. The minimum absolute atomic E-state index is 0.0685. The van der Waals surface area contributed by atoms with Gasteiger partial charge in [-0.2, -0.15) is 0 Å². The third-order valence-corrected chi connectivity index (χ3v) is 6.16. The predicted octanol–water partition coefficient (Wildman–Crippen LogP) is 3.07. The number of carbonyl (C=O) groups excluding carboxylic acids is 1. The van der Waals surface area contributed by atoms with E-state index in [-0.39, 0.29) is 11.7 Å². The Kier molecular flexibility index (Phi) is 5.78. The van der Waals surface area contributed by atoms with Gasteiger partial charge in [0.05, 0.1) is 35.8 Å². The molecule has 3 rings (SSSR count). The molecule has 4 nitrogen and oxygen atoms in total. The van der Waals surface area contributed by atoms with Gasteiger partial charge in [-0.15, -0.1) is 11.3 Å². The molecule has 0 bridgehead atoms. The summed E-state index contributed by atoms with van der Waals surface area (Å²) < 4.78 is 14.8. The highest BCUT2D eigenvalue weighted by molar-refractivity contribution is 7.22. The first-order chi connectivity index (χ1) is 12.1. The number of nitrogens with zero attached hydrogens (tertiary/aromatic N) is 2. The van der Waals surface area contributed by atoms with Crippen molar-refractivity contribution in [2.45, 2.75) is 13.8 Å². The van der Waals surface area contributed by atoms with E-state index in [2.05, 4.69) is 18.8 Å². The molecule has 2 heterocycles. The molecule has 0 aliphatic rings. The van der Waals surface area contributed by atoms with Crippen molar-refractivity contribution in [1.82, 2.24) is 4.98 Å². The number of hydrogen-bond donors (Lipinski definition) is 1. The molecule has 0 saturated carbocycles. The monoisotopic (exact) mass is 378 g/mol. The third kappa shape index (κ3) is 3.89. The Morgan fingerprint density at radius 1 is 1.24 bits per heavy atom. The van der Waals surface area contributed by atoms with Gasteiger partial charge < -0.3 is 4.90 Å². The van der Waals surface area contributed by atoms with Crippen molar-refractivity contribution in [3.8, 4) is 0 Å². The number of hydrogen-bond acceptors (Lipinski definition) is 4. The van der Waals surface area contributed by atoms with Gasteiger partial charge in [0.2, 0.25) is 0 Å². The van der Waals surface area contributed by atoms with Crippen LogP contribution in [-0.2, 0) is 0 Å². The van der Waals surface area contributed by atoms with Crippen LogP contribution in [-0.4, -0.2) is 37.1 Å². The zero-order valence-corrected chi connectivity index (χ0v) is 15.9. The first kappa shape index (κ1) is 18.0. The van der Waals surface area contributed by atoms with Crippen LogP contribution >= 0.6 is 22.7 Å². The average Bonchev–Trinajstić information content (AvgIpc) is 3.28. The van der Waals surface area contributed by atoms with Crippen LogP contribution in [0.5, 0.6) is 0 Å². The molecule has 0 fully saturated rings. The first-order valence-corrected chi connectivity index (χ1v) is 10.1. The molecular formula is C18H21FN3OS2+. The van der Waals surface area contributed by atoms with Crippen molar-refractivity contribution < 1.29 is 14.1 Å². The highest BCUT2D eigenvalue weighted by Crippen LogP contribution is 2.31. The van der Waals surface area contributed by atoms with Crippen molar-refractivity contribution >= 4 is 43.9 Å². The molecule has 0 atom stereocenters. The zero-order valence-electron chi connectivity index (χ0n) is 14.3. The summed E-state index contributed by atoms with van der Waals surface area (Å²) in [4.78, 5) is 21.2. The Hall–Kier alpha value is -1.83. The van der Waals surface area contributed by atoms with Crippen LogP contribution < -0.4 is 9.80 Å². The number of para-hydroxylation sites is 1. The fourth-order valence-electron chi connectivity index (χ4n) is 2.71. The summed E-state index contributed by atoms with van der Waals surface area (Å²) in [5.74, 6) is -0.418. The van der Waals surface area contributed by atoms with Crippen LogP contribution in [0.1, 0.15) is 23.5 Å². The van der Waals surface area contributed by atoms with Crippen LogP contribution in [0.4, 0.5) is 9.52 Å². The molecule has 1 N–H and O–H groups in total. The summed E-state index contributed by atoms with van der Waals surface area (Å²) in [7, 11) is 0. The van der Waals surface area contributed by atoms with E-state index in [1.807, 2.05) is 23.6 Å². The zero-order chi connectivity index (χ0) is 17.8. The lowest BCUT2D eigenvalue weighted by molar-refractivity contribution is -0.894. The summed E-state index contributed by atoms with van der Waals surface area (Å²) in [6.07, 6.45) is 0. The van der Waals surface area contributed by atoms with Gasteiger partial charge in [-0.1, -0.05) is 23.5 Å². The lowest BCUT2D eigenvalue weighted by atomic mass is 10.3. The molecule has 7 heteroatoms. The molecule has 0 saturated heterocycles. The van der Waals surface area contributed by atoms with Gasteiger partial charge in [-0.3, -0.25) is 9.69 Å². The smallest absolute Gasteiger partial charge is 0.270 e. The van der Waals surface area contributed by atoms with Crippen molar-refractivity contribution in [2.24, 2.45) is 0 Å². The second-order valence-electron chi connectivity index (χ2n) is 5.72. The van der Waals surface area contributed by atoms with Gasteiger partial charge in [0.25, 0.3) is 5.91 Å². The second-order valence-corrected chi connectivity index (χ2v) is 7.68. The van der Waals surface area contributed by atoms with E-state index in [1.54, 1.807) is 11.0 Å². The Morgan fingerprint density at radius 3 is 2.68 bits per heavy atom. The Morgan fingerprint density at radius 2 is 2.04 bits per heavy atom. The number of anilines is 1. The molecule has 0 unspecified atom stereocenters. The van der Waals surface area contributed by atoms with Gasteiger partial charge in [0.1, 0.15) is 11.3 Å². The number of halogens is 1. The van der Waals surface area contributed by atoms with Gasteiger partial charge in [0, 0.05) is 0 Å². The highest BCUT2D eigenvalue weighted by atomic mass is 32.1. The van der Waals surface area contributed by atoms with E-state index in [0.29, 0.717) is 22.1 Å². The van der Waals surface area contributed by atoms with Crippen LogP contribution in [0, 0.1) is 5.82 Å². The number of thiophene rings is 1. The number of thiazole rings is 1. The van der Waals surface area contributed by atoms with Gasteiger partial charge in [-0.05, 0) is 37.4 Å². The van der Waals surface area contributed by atoms with Crippen LogP contribution in [0.25, 0.3) is 10.2 Å². The number of benzene rings is 1. The maximum absolute atomic E-state index is 14.0. The van der Waals surface area contributed by atoms with Crippen molar-refractivity contribution in [2.75, 3.05) is 31.1 Å². The largest absolute Gasteiger partial charge is 0.334 e. The summed E-state index contributed by atoms with van der Waals surface area (Å²) in [5, 5.41) is 2.45.